The predicted molar refractivity (Wildman–Crippen MR) is 95.9 cm³/mol. The number of hydrogen-bond acceptors (Lipinski definition) is 5. The van der Waals surface area contributed by atoms with E-state index in [1.54, 1.807) is 35.3 Å². The van der Waals surface area contributed by atoms with Crippen molar-refractivity contribution in [1.29, 1.82) is 0 Å². The Bertz CT molecular complexity index is 1020. The van der Waals surface area contributed by atoms with Gasteiger partial charge in [0.1, 0.15) is 12.7 Å². The van der Waals surface area contributed by atoms with Crippen molar-refractivity contribution in [2.45, 2.75) is 6.92 Å². The molecule has 0 radical (unpaired) electrons. The van der Waals surface area contributed by atoms with E-state index in [1.807, 2.05) is 31.2 Å². The first-order valence-electron chi connectivity index (χ1n) is 7.95. The largest absolute Gasteiger partial charge is 0.289 e. The van der Waals surface area contributed by atoms with E-state index in [-0.39, 0.29) is 11.9 Å². The van der Waals surface area contributed by atoms with Crippen LogP contribution < -0.4 is 5.32 Å². The lowest BCUT2D eigenvalue weighted by Gasteiger charge is -2.03. The van der Waals surface area contributed by atoms with Gasteiger partial charge in [-0.1, -0.05) is 29.8 Å². The van der Waals surface area contributed by atoms with Crippen molar-refractivity contribution in [2.75, 3.05) is 5.32 Å². The molecule has 1 amide bonds. The fourth-order valence-electron chi connectivity index (χ4n) is 2.44. The molecule has 128 valence electrons. The average Bonchev–Trinajstić information content (AvgIpc) is 3.35. The lowest BCUT2D eigenvalue weighted by atomic mass is 10.1. The molecule has 4 aromatic rings. The van der Waals surface area contributed by atoms with Crippen molar-refractivity contribution in [3.63, 3.8) is 0 Å². The quantitative estimate of drug-likeness (QED) is 0.592. The molecule has 0 aliphatic carbocycles. The van der Waals surface area contributed by atoms with E-state index in [4.69, 9.17) is 0 Å². The number of benzene rings is 2. The van der Waals surface area contributed by atoms with Crippen LogP contribution >= 0.6 is 0 Å². The second kappa shape index (κ2) is 6.60. The molecule has 2 N–H and O–H groups in total. The molecule has 4 rings (SSSR count). The highest BCUT2D eigenvalue weighted by Gasteiger charge is 2.11. The fraction of sp³-hybridized carbons (Fsp3) is 0.0556. The molecule has 2 aromatic carbocycles. The summed E-state index contributed by atoms with van der Waals surface area (Å²) >= 11 is 0. The van der Waals surface area contributed by atoms with Gasteiger partial charge in [-0.2, -0.15) is 10.1 Å². The van der Waals surface area contributed by atoms with Gasteiger partial charge in [-0.05, 0) is 31.2 Å². The minimum Gasteiger partial charge on any atom is -0.289 e. The van der Waals surface area contributed by atoms with Gasteiger partial charge in [0.05, 0.1) is 5.69 Å². The SMILES string of the molecule is Cc1ccc(-c2nc(NC(=O)c3ccc(-n4cncn4)cc3)n[nH]2)cc1. The van der Waals surface area contributed by atoms with Crippen LogP contribution in [0.2, 0.25) is 0 Å². The van der Waals surface area contributed by atoms with E-state index >= 15 is 0 Å². The first kappa shape index (κ1) is 15.7. The number of hydrogen-bond donors (Lipinski definition) is 2. The van der Waals surface area contributed by atoms with E-state index in [0.29, 0.717) is 11.4 Å². The highest BCUT2D eigenvalue weighted by molar-refractivity contribution is 6.03. The number of carbonyl (C=O) groups is 1. The van der Waals surface area contributed by atoms with Crippen LogP contribution in [-0.4, -0.2) is 35.9 Å². The van der Waals surface area contributed by atoms with Crippen molar-refractivity contribution in [3.05, 3.63) is 72.3 Å². The summed E-state index contributed by atoms with van der Waals surface area (Å²) < 4.78 is 1.62. The van der Waals surface area contributed by atoms with Gasteiger partial charge in [0.25, 0.3) is 5.91 Å². The Morgan fingerprint density at radius 2 is 1.85 bits per heavy atom. The molecule has 26 heavy (non-hydrogen) atoms. The van der Waals surface area contributed by atoms with Crippen molar-refractivity contribution >= 4 is 11.9 Å². The Morgan fingerprint density at radius 1 is 1.08 bits per heavy atom. The van der Waals surface area contributed by atoms with Gasteiger partial charge in [0, 0.05) is 11.1 Å². The molecule has 0 saturated carbocycles. The topological polar surface area (TPSA) is 101 Å². The first-order chi connectivity index (χ1) is 12.7. The Kier molecular flexibility index (Phi) is 3.98. The Balaban J connectivity index is 1.47. The number of amides is 1. The third kappa shape index (κ3) is 3.20. The minimum absolute atomic E-state index is 0.228. The summed E-state index contributed by atoms with van der Waals surface area (Å²) in [6.45, 7) is 2.02. The predicted octanol–water partition coefficient (Wildman–Crippen LogP) is 2.61. The molecule has 0 bridgehead atoms. The number of rotatable bonds is 4. The Morgan fingerprint density at radius 3 is 2.54 bits per heavy atom. The zero-order chi connectivity index (χ0) is 17.9. The Labute approximate surface area is 148 Å². The monoisotopic (exact) mass is 345 g/mol. The molecular formula is C18H15N7O. The number of carbonyl (C=O) groups excluding carboxylic acids is 1. The average molecular weight is 345 g/mol. The summed E-state index contributed by atoms with van der Waals surface area (Å²) in [4.78, 5) is 20.6. The van der Waals surface area contributed by atoms with Crippen molar-refractivity contribution in [2.24, 2.45) is 0 Å². The van der Waals surface area contributed by atoms with Gasteiger partial charge >= 0.3 is 0 Å². The molecule has 0 fully saturated rings. The maximum Gasteiger partial charge on any atom is 0.258 e. The Hall–Kier alpha value is -3.81. The summed E-state index contributed by atoms with van der Waals surface area (Å²) in [6, 6.07) is 14.9. The highest BCUT2D eigenvalue weighted by Crippen LogP contribution is 2.17. The second-order valence-electron chi connectivity index (χ2n) is 5.71. The number of anilines is 1. The third-order valence-electron chi connectivity index (χ3n) is 3.85. The van der Waals surface area contributed by atoms with Gasteiger partial charge in [-0.3, -0.25) is 15.2 Å². The number of aryl methyl sites for hydroxylation is 1. The molecule has 0 aliphatic heterocycles. The fourth-order valence-corrected chi connectivity index (χ4v) is 2.44. The summed E-state index contributed by atoms with van der Waals surface area (Å²) in [5, 5.41) is 13.6. The summed E-state index contributed by atoms with van der Waals surface area (Å²) in [7, 11) is 0. The highest BCUT2D eigenvalue weighted by atomic mass is 16.1. The molecule has 8 nitrogen and oxygen atoms in total. The van der Waals surface area contributed by atoms with Gasteiger partial charge in [-0.15, -0.1) is 5.10 Å². The molecule has 0 aliphatic rings. The number of aromatic nitrogens is 6. The molecule has 0 saturated heterocycles. The summed E-state index contributed by atoms with van der Waals surface area (Å²) in [5.41, 5.74) is 3.38. The molecule has 0 spiro atoms. The van der Waals surface area contributed by atoms with Crippen LogP contribution in [0.25, 0.3) is 17.1 Å². The summed E-state index contributed by atoms with van der Waals surface area (Å²) in [5.74, 6) is 0.539. The van der Waals surface area contributed by atoms with E-state index in [1.165, 1.54) is 6.33 Å². The van der Waals surface area contributed by atoms with Gasteiger partial charge in [0.15, 0.2) is 5.82 Å². The zero-order valence-electron chi connectivity index (χ0n) is 13.9. The smallest absolute Gasteiger partial charge is 0.258 e. The van der Waals surface area contributed by atoms with E-state index in [2.05, 4.69) is 30.6 Å². The number of nitrogens with zero attached hydrogens (tertiary/aromatic N) is 5. The van der Waals surface area contributed by atoms with Gasteiger partial charge < -0.3 is 0 Å². The lowest BCUT2D eigenvalue weighted by molar-refractivity contribution is 0.102. The van der Waals surface area contributed by atoms with Crippen LogP contribution in [0.5, 0.6) is 0 Å². The van der Waals surface area contributed by atoms with Crippen LogP contribution in [0.15, 0.2) is 61.2 Å². The van der Waals surface area contributed by atoms with Crippen LogP contribution in [0.1, 0.15) is 15.9 Å². The second-order valence-corrected chi connectivity index (χ2v) is 5.71. The van der Waals surface area contributed by atoms with Gasteiger partial charge in [0.2, 0.25) is 5.95 Å². The lowest BCUT2D eigenvalue weighted by Crippen LogP contribution is -2.13. The summed E-state index contributed by atoms with van der Waals surface area (Å²) in [6.07, 6.45) is 3.05. The molecule has 2 aromatic heterocycles. The van der Waals surface area contributed by atoms with Crippen LogP contribution in [0.4, 0.5) is 5.95 Å². The van der Waals surface area contributed by atoms with Crippen LogP contribution in [0, 0.1) is 6.92 Å². The number of H-pyrrole nitrogens is 1. The van der Waals surface area contributed by atoms with E-state index in [0.717, 1.165) is 16.8 Å². The normalized spacial score (nSPS) is 10.7. The van der Waals surface area contributed by atoms with Crippen molar-refractivity contribution in [1.82, 2.24) is 29.9 Å². The van der Waals surface area contributed by atoms with E-state index < -0.39 is 0 Å². The van der Waals surface area contributed by atoms with Crippen molar-refractivity contribution < 1.29 is 4.79 Å². The zero-order valence-corrected chi connectivity index (χ0v) is 13.9. The van der Waals surface area contributed by atoms with Crippen molar-refractivity contribution in [3.8, 4) is 17.1 Å². The van der Waals surface area contributed by atoms with E-state index in [9.17, 15) is 4.79 Å². The van der Waals surface area contributed by atoms with Crippen LogP contribution in [-0.2, 0) is 0 Å². The number of aromatic amines is 1. The molecular weight excluding hydrogens is 330 g/mol. The molecule has 2 heterocycles. The molecule has 8 heteroatoms. The first-order valence-corrected chi connectivity index (χ1v) is 7.95. The van der Waals surface area contributed by atoms with Crippen LogP contribution in [0.3, 0.4) is 0 Å². The third-order valence-corrected chi connectivity index (χ3v) is 3.85. The number of nitrogens with one attached hydrogen (secondary N) is 2. The standard InChI is InChI=1S/C18H15N7O/c1-12-2-4-13(5-3-12)16-21-18(24-23-16)22-17(26)14-6-8-15(9-7-14)25-11-19-10-20-25/h2-11H,1H3,(H2,21,22,23,24,26). The minimum atomic E-state index is -0.287. The van der Waals surface area contributed by atoms with Gasteiger partial charge in [-0.25, -0.2) is 9.67 Å². The maximum absolute atomic E-state index is 12.4. The maximum atomic E-state index is 12.4. The molecule has 0 unspecified atom stereocenters. The molecule has 0 atom stereocenters.